The number of carbonyl (C=O) groups excluding carboxylic acids is 1. The molecule has 3 aromatic rings. The molecule has 1 unspecified atom stereocenters. The van der Waals surface area contributed by atoms with Crippen LogP contribution in [0.15, 0.2) is 83.8 Å². The van der Waals surface area contributed by atoms with Gasteiger partial charge in [0, 0.05) is 6.54 Å². The third-order valence-corrected chi connectivity index (χ3v) is 7.21. The maximum atomic E-state index is 13.2. The van der Waals surface area contributed by atoms with Gasteiger partial charge in [0.25, 0.3) is 0 Å². The topological polar surface area (TPSA) is 84.9 Å². The van der Waals surface area contributed by atoms with E-state index in [1.54, 1.807) is 30.3 Å². The minimum Gasteiger partial charge on any atom is -0.497 e. The van der Waals surface area contributed by atoms with Gasteiger partial charge in [-0.15, -0.1) is 0 Å². The van der Waals surface area contributed by atoms with Gasteiger partial charge >= 0.3 is 0 Å². The molecule has 0 saturated carbocycles. The quantitative estimate of drug-likeness (QED) is 0.578. The SMILES string of the molecule is COc1ccc(S(=O)(=O)N2CCCC2C(=O)Nc2ccccc2Oc2ccccc2)cc1. The summed E-state index contributed by atoms with van der Waals surface area (Å²) < 4.78 is 38.7. The summed E-state index contributed by atoms with van der Waals surface area (Å²) in [6, 6.07) is 21.7. The molecule has 166 valence electrons. The van der Waals surface area contributed by atoms with Crippen molar-refractivity contribution in [2.75, 3.05) is 19.0 Å². The van der Waals surface area contributed by atoms with E-state index in [1.807, 2.05) is 36.4 Å². The van der Waals surface area contributed by atoms with E-state index < -0.39 is 16.1 Å². The van der Waals surface area contributed by atoms with Crippen molar-refractivity contribution in [3.63, 3.8) is 0 Å². The first-order chi connectivity index (χ1) is 15.5. The predicted octanol–water partition coefficient (Wildman–Crippen LogP) is 4.28. The summed E-state index contributed by atoms with van der Waals surface area (Å²) in [5.41, 5.74) is 0.482. The molecule has 1 fully saturated rings. The van der Waals surface area contributed by atoms with Crippen LogP contribution >= 0.6 is 0 Å². The number of hydrogen-bond acceptors (Lipinski definition) is 5. The number of methoxy groups -OCH3 is 1. The molecule has 32 heavy (non-hydrogen) atoms. The van der Waals surface area contributed by atoms with Crippen LogP contribution in [-0.2, 0) is 14.8 Å². The Balaban J connectivity index is 1.53. The summed E-state index contributed by atoms with van der Waals surface area (Å²) in [6.07, 6.45) is 1.05. The van der Waals surface area contributed by atoms with Crippen molar-refractivity contribution in [1.29, 1.82) is 0 Å². The van der Waals surface area contributed by atoms with Gasteiger partial charge in [0.05, 0.1) is 17.7 Å². The summed E-state index contributed by atoms with van der Waals surface area (Å²) in [7, 11) is -2.31. The lowest BCUT2D eigenvalue weighted by atomic mass is 10.2. The van der Waals surface area contributed by atoms with Crippen molar-refractivity contribution in [3.05, 3.63) is 78.9 Å². The van der Waals surface area contributed by atoms with Gasteiger partial charge in [0.1, 0.15) is 17.5 Å². The molecule has 0 aromatic heterocycles. The Morgan fingerprint density at radius 1 is 0.938 bits per heavy atom. The van der Waals surface area contributed by atoms with E-state index in [2.05, 4.69) is 5.32 Å². The second-order valence-electron chi connectivity index (χ2n) is 7.35. The highest BCUT2D eigenvalue weighted by Gasteiger charge is 2.39. The summed E-state index contributed by atoms with van der Waals surface area (Å²) in [5.74, 6) is 1.30. The highest BCUT2D eigenvalue weighted by atomic mass is 32.2. The first-order valence-corrected chi connectivity index (χ1v) is 11.7. The van der Waals surface area contributed by atoms with Crippen LogP contribution in [0.2, 0.25) is 0 Å². The van der Waals surface area contributed by atoms with Gasteiger partial charge in [-0.05, 0) is 61.4 Å². The smallest absolute Gasteiger partial charge is 0.243 e. The van der Waals surface area contributed by atoms with Crippen molar-refractivity contribution >= 4 is 21.6 Å². The summed E-state index contributed by atoms with van der Waals surface area (Å²) >= 11 is 0. The van der Waals surface area contributed by atoms with E-state index >= 15 is 0 Å². The molecule has 0 bridgehead atoms. The molecule has 0 spiro atoms. The van der Waals surface area contributed by atoms with Crippen molar-refractivity contribution < 1.29 is 22.7 Å². The van der Waals surface area contributed by atoms with Gasteiger partial charge in [-0.1, -0.05) is 30.3 Å². The van der Waals surface area contributed by atoms with Crippen LogP contribution in [0.1, 0.15) is 12.8 Å². The second kappa shape index (κ2) is 9.42. The standard InChI is InChI=1S/C24H24N2O5S/c1-30-18-13-15-20(16-14-18)32(28,29)26-17-7-11-22(26)24(27)25-21-10-5-6-12-23(21)31-19-8-3-2-4-9-19/h2-6,8-10,12-16,22H,7,11,17H2,1H3,(H,25,27). The maximum absolute atomic E-state index is 13.2. The van der Waals surface area contributed by atoms with Crippen molar-refractivity contribution in [2.24, 2.45) is 0 Å². The summed E-state index contributed by atoms with van der Waals surface area (Å²) in [4.78, 5) is 13.2. The average molecular weight is 453 g/mol. The number of nitrogens with one attached hydrogen (secondary N) is 1. The minimum absolute atomic E-state index is 0.130. The number of sulfonamides is 1. The predicted molar refractivity (Wildman–Crippen MR) is 121 cm³/mol. The van der Waals surface area contributed by atoms with Crippen LogP contribution in [0.4, 0.5) is 5.69 Å². The van der Waals surface area contributed by atoms with E-state index in [4.69, 9.17) is 9.47 Å². The fraction of sp³-hybridized carbons (Fsp3) is 0.208. The minimum atomic E-state index is -3.82. The van der Waals surface area contributed by atoms with Gasteiger partial charge < -0.3 is 14.8 Å². The molecule has 1 aliphatic heterocycles. The summed E-state index contributed by atoms with van der Waals surface area (Å²) in [6.45, 7) is 0.286. The first kappa shape index (κ1) is 21.9. The molecule has 1 heterocycles. The normalized spacial score (nSPS) is 16.5. The zero-order valence-electron chi connectivity index (χ0n) is 17.6. The fourth-order valence-electron chi connectivity index (χ4n) is 3.66. The van der Waals surface area contributed by atoms with Crippen molar-refractivity contribution in [2.45, 2.75) is 23.8 Å². The molecule has 4 rings (SSSR count). The molecular weight excluding hydrogens is 428 g/mol. The van der Waals surface area contributed by atoms with Crippen molar-refractivity contribution in [3.8, 4) is 17.2 Å². The molecule has 8 heteroatoms. The third kappa shape index (κ3) is 4.61. The first-order valence-electron chi connectivity index (χ1n) is 10.3. The molecule has 7 nitrogen and oxygen atoms in total. The Hall–Kier alpha value is -3.36. The Kier molecular flexibility index (Phi) is 6.43. The van der Waals surface area contributed by atoms with Crippen LogP contribution in [0.5, 0.6) is 17.2 Å². The monoisotopic (exact) mass is 452 g/mol. The Morgan fingerprint density at radius 3 is 2.34 bits per heavy atom. The lowest BCUT2D eigenvalue weighted by Gasteiger charge is -2.24. The lowest BCUT2D eigenvalue weighted by Crippen LogP contribution is -2.43. The molecule has 1 amide bonds. The largest absolute Gasteiger partial charge is 0.497 e. The zero-order valence-corrected chi connectivity index (χ0v) is 18.4. The number of amides is 1. The van der Waals surface area contributed by atoms with E-state index in [0.717, 1.165) is 0 Å². The lowest BCUT2D eigenvalue weighted by molar-refractivity contribution is -0.119. The number of para-hydroxylation sites is 3. The van der Waals surface area contributed by atoms with Crippen LogP contribution in [-0.4, -0.2) is 38.3 Å². The van der Waals surface area contributed by atoms with Gasteiger partial charge in [-0.3, -0.25) is 4.79 Å². The zero-order chi connectivity index (χ0) is 22.6. The van der Waals surface area contributed by atoms with Gasteiger partial charge in [0.2, 0.25) is 15.9 Å². The third-order valence-electron chi connectivity index (χ3n) is 5.29. The van der Waals surface area contributed by atoms with Crippen LogP contribution < -0.4 is 14.8 Å². The van der Waals surface area contributed by atoms with Crippen LogP contribution in [0.3, 0.4) is 0 Å². The molecule has 1 N–H and O–H groups in total. The average Bonchev–Trinajstić information content (AvgIpc) is 3.32. The van der Waals surface area contributed by atoms with E-state index in [9.17, 15) is 13.2 Å². The van der Waals surface area contributed by atoms with Gasteiger partial charge in [-0.25, -0.2) is 8.42 Å². The Bertz CT molecular complexity index is 1180. The number of ether oxygens (including phenoxy) is 2. The second-order valence-corrected chi connectivity index (χ2v) is 9.24. The van der Waals surface area contributed by atoms with Crippen molar-refractivity contribution in [1.82, 2.24) is 4.31 Å². The molecule has 0 radical (unpaired) electrons. The molecular formula is C24H24N2O5S. The molecule has 1 saturated heterocycles. The number of rotatable bonds is 7. The number of nitrogens with zero attached hydrogens (tertiary/aromatic N) is 1. The van der Waals surface area contributed by atoms with E-state index in [1.165, 1.54) is 23.5 Å². The number of hydrogen-bond donors (Lipinski definition) is 1. The molecule has 3 aromatic carbocycles. The van der Waals surface area contributed by atoms with Gasteiger partial charge in [-0.2, -0.15) is 4.31 Å². The Morgan fingerprint density at radius 2 is 1.62 bits per heavy atom. The maximum Gasteiger partial charge on any atom is 0.243 e. The summed E-state index contributed by atoms with van der Waals surface area (Å²) in [5, 5.41) is 2.85. The highest BCUT2D eigenvalue weighted by molar-refractivity contribution is 7.89. The highest BCUT2D eigenvalue weighted by Crippen LogP contribution is 2.32. The molecule has 0 aliphatic carbocycles. The number of benzene rings is 3. The number of anilines is 1. The van der Waals surface area contributed by atoms with Crippen LogP contribution in [0, 0.1) is 0 Å². The molecule has 1 aliphatic rings. The van der Waals surface area contributed by atoms with Gasteiger partial charge in [0.15, 0.2) is 5.75 Å². The fourth-order valence-corrected chi connectivity index (χ4v) is 5.32. The van der Waals surface area contributed by atoms with E-state index in [0.29, 0.717) is 35.8 Å². The Labute approximate surface area is 187 Å². The number of carbonyl (C=O) groups is 1. The van der Waals surface area contributed by atoms with E-state index in [-0.39, 0.29) is 17.3 Å². The van der Waals surface area contributed by atoms with Crippen LogP contribution in [0.25, 0.3) is 0 Å². The molecule has 1 atom stereocenters.